The predicted octanol–water partition coefficient (Wildman–Crippen LogP) is 6.48. The molecule has 8 rings (SSSR count). The van der Waals surface area contributed by atoms with Gasteiger partial charge < -0.3 is 19.3 Å². The third-order valence-electron chi connectivity index (χ3n) is 10.6. The molecule has 4 aromatic rings. The quantitative estimate of drug-likeness (QED) is 0.229. The Hall–Kier alpha value is -4.56. The van der Waals surface area contributed by atoms with Crippen molar-refractivity contribution in [3.63, 3.8) is 0 Å². The zero-order valence-electron chi connectivity index (χ0n) is 28.2. The van der Waals surface area contributed by atoms with Crippen molar-refractivity contribution < 1.29 is 23.0 Å². The number of terminal acetylenes is 1. The Labute approximate surface area is 284 Å². The van der Waals surface area contributed by atoms with Crippen LogP contribution in [0.5, 0.6) is 6.01 Å². The number of hydrogen-bond acceptors (Lipinski definition) is 8. The first-order valence-corrected chi connectivity index (χ1v) is 17.3. The van der Waals surface area contributed by atoms with E-state index in [1.54, 1.807) is 23.1 Å². The van der Waals surface area contributed by atoms with Crippen molar-refractivity contribution in [1.29, 1.82) is 0 Å². The summed E-state index contributed by atoms with van der Waals surface area (Å²) in [6.45, 7) is 9.41. The van der Waals surface area contributed by atoms with Gasteiger partial charge in [0, 0.05) is 36.6 Å². The monoisotopic (exact) mass is 666 g/mol. The molecule has 4 aliphatic heterocycles. The van der Waals surface area contributed by atoms with Crippen LogP contribution < -0.4 is 9.64 Å². The van der Waals surface area contributed by atoms with E-state index in [4.69, 9.17) is 30.8 Å². The van der Waals surface area contributed by atoms with Gasteiger partial charge in [-0.15, -0.1) is 6.42 Å². The summed E-state index contributed by atoms with van der Waals surface area (Å²) in [6.07, 6.45) is 10.9. The molecule has 1 amide bonds. The number of carbonyl (C=O) groups excluding carboxylic acids is 1. The molecular weight excluding hydrogens is 626 g/mol. The van der Waals surface area contributed by atoms with E-state index in [0.29, 0.717) is 72.3 Å². The molecule has 9 nitrogen and oxygen atoms in total. The third kappa shape index (κ3) is 5.41. The van der Waals surface area contributed by atoms with Gasteiger partial charge in [0.2, 0.25) is 0 Å². The lowest BCUT2D eigenvalue weighted by atomic mass is 9.95. The summed E-state index contributed by atoms with van der Waals surface area (Å²) in [6, 6.07) is 8.29. The molecule has 0 aliphatic carbocycles. The van der Waals surface area contributed by atoms with Crippen LogP contribution in [-0.2, 0) is 11.2 Å². The second kappa shape index (κ2) is 11.8. The van der Waals surface area contributed by atoms with Gasteiger partial charge in [-0.05, 0) is 83.8 Å². The summed E-state index contributed by atoms with van der Waals surface area (Å²) in [5.74, 6) is 1.83. The fourth-order valence-corrected chi connectivity index (χ4v) is 8.37. The number of aryl methyl sites for hydroxylation is 1. The van der Waals surface area contributed by atoms with E-state index in [1.807, 2.05) is 26.8 Å². The van der Waals surface area contributed by atoms with Crippen molar-refractivity contribution in [2.24, 2.45) is 0 Å². The smallest absolute Gasteiger partial charge is 0.410 e. The van der Waals surface area contributed by atoms with Crippen LogP contribution >= 0.6 is 0 Å². The number of hydrogen-bond donors (Lipinski definition) is 0. The summed E-state index contributed by atoms with van der Waals surface area (Å²) in [5, 5.41) is 1.64. The maximum Gasteiger partial charge on any atom is 0.410 e. The number of anilines is 1. The van der Waals surface area contributed by atoms with E-state index in [9.17, 15) is 9.18 Å². The number of fused-ring (bicyclic) bond motifs is 4. The van der Waals surface area contributed by atoms with Crippen LogP contribution in [0.1, 0.15) is 64.1 Å². The summed E-state index contributed by atoms with van der Waals surface area (Å²) in [7, 11) is 0. The first-order chi connectivity index (χ1) is 23.5. The molecule has 4 aliphatic rings. The molecule has 6 heterocycles. The van der Waals surface area contributed by atoms with Crippen molar-refractivity contribution in [1.82, 2.24) is 24.8 Å². The molecule has 2 aromatic carbocycles. The topological polar surface area (TPSA) is 83.9 Å². The minimum Gasteiger partial charge on any atom is -0.461 e. The van der Waals surface area contributed by atoms with Gasteiger partial charge in [0.1, 0.15) is 35.1 Å². The number of benzene rings is 2. The van der Waals surface area contributed by atoms with Gasteiger partial charge in [-0.2, -0.15) is 9.97 Å². The Morgan fingerprint density at radius 1 is 1.04 bits per heavy atom. The number of ether oxygens (including phenoxy) is 2. The van der Waals surface area contributed by atoms with Crippen LogP contribution in [0.4, 0.5) is 19.4 Å². The zero-order valence-corrected chi connectivity index (χ0v) is 28.2. The highest BCUT2D eigenvalue weighted by atomic mass is 19.1. The van der Waals surface area contributed by atoms with Crippen LogP contribution in [0.15, 0.2) is 30.3 Å². The van der Waals surface area contributed by atoms with E-state index in [0.717, 1.165) is 38.8 Å². The van der Waals surface area contributed by atoms with Gasteiger partial charge in [-0.3, -0.25) is 4.90 Å². The lowest BCUT2D eigenvalue weighted by molar-refractivity contribution is 0.0212. The average molecular weight is 667 g/mol. The van der Waals surface area contributed by atoms with Gasteiger partial charge >= 0.3 is 12.1 Å². The van der Waals surface area contributed by atoms with E-state index >= 15 is 4.39 Å². The van der Waals surface area contributed by atoms with Gasteiger partial charge in [-0.25, -0.2) is 18.6 Å². The van der Waals surface area contributed by atoms with Crippen LogP contribution in [-0.4, -0.2) is 87.4 Å². The number of carbonyl (C=O) groups is 1. The Bertz CT molecular complexity index is 2030. The van der Waals surface area contributed by atoms with Crippen LogP contribution in [0, 0.1) is 24.0 Å². The van der Waals surface area contributed by atoms with Gasteiger partial charge in [-0.1, -0.05) is 30.2 Å². The lowest BCUT2D eigenvalue weighted by Crippen LogP contribution is -2.55. The van der Waals surface area contributed by atoms with Crippen LogP contribution in [0.25, 0.3) is 32.9 Å². The molecular formula is C38H40F2N6O3. The minimum atomic E-state index is -0.639. The van der Waals surface area contributed by atoms with Gasteiger partial charge in [0.05, 0.1) is 22.2 Å². The SMILES string of the molecule is C#Cc1c(F)ccc2cccc(-c3nc4c5c(nc(OCC67CCCN6CCC7)nc5c3F)N3CCN(C(=O)OC(C)(C)C)CC3CC4)c12. The summed E-state index contributed by atoms with van der Waals surface area (Å²) in [5.41, 5.74) is 0.582. The zero-order chi connectivity index (χ0) is 34.1. The highest BCUT2D eigenvalue weighted by Crippen LogP contribution is 2.42. The van der Waals surface area contributed by atoms with E-state index in [-0.39, 0.29) is 40.5 Å². The third-order valence-corrected chi connectivity index (χ3v) is 10.6. The Kier molecular flexibility index (Phi) is 7.63. The first-order valence-electron chi connectivity index (χ1n) is 17.3. The number of halogens is 2. The fraction of sp³-hybridized carbons (Fsp3) is 0.474. The second-order valence-corrected chi connectivity index (χ2v) is 14.8. The highest BCUT2D eigenvalue weighted by Gasteiger charge is 2.45. The van der Waals surface area contributed by atoms with Crippen LogP contribution in [0.2, 0.25) is 0 Å². The number of rotatable bonds is 4. The summed E-state index contributed by atoms with van der Waals surface area (Å²) >= 11 is 0. The average Bonchev–Trinajstić information content (AvgIpc) is 3.62. The number of aromatic nitrogens is 3. The number of piperazine rings is 1. The molecule has 0 radical (unpaired) electrons. The van der Waals surface area contributed by atoms with E-state index < -0.39 is 17.2 Å². The van der Waals surface area contributed by atoms with Crippen LogP contribution in [0.3, 0.4) is 0 Å². The summed E-state index contributed by atoms with van der Waals surface area (Å²) < 4.78 is 44.2. The molecule has 11 heteroatoms. The molecule has 0 spiro atoms. The van der Waals surface area contributed by atoms with Crippen molar-refractivity contribution in [2.75, 3.05) is 44.2 Å². The van der Waals surface area contributed by atoms with Crippen molar-refractivity contribution >= 4 is 33.6 Å². The maximum atomic E-state index is 17.1. The van der Waals surface area contributed by atoms with Crippen molar-refractivity contribution in [2.45, 2.75) is 76.5 Å². The highest BCUT2D eigenvalue weighted by molar-refractivity contribution is 6.02. The molecule has 1 atom stereocenters. The molecule has 0 saturated carbocycles. The first kappa shape index (κ1) is 31.7. The molecule has 2 aromatic heterocycles. The molecule has 254 valence electrons. The normalized spacial score (nSPS) is 20.2. The number of nitrogens with zero attached hydrogens (tertiary/aromatic N) is 6. The minimum absolute atomic E-state index is 0.0532. The molecule has 3 fully saturated rings. The Morgan fingerprint density at radius 3 is 2.59 bits per heavy atom. The molecule has 3 saturated heterocycles. The van der Waals surface area contributed by atoms with E-state index in [2.05, 4.69) is 15.7 Å². The van der Waals surface area contributed by atoms with Crippen molar-refractivity contribution in [3.05, 3.63) is 53.2 Å². The number of pyridine rings is 1. The van der Waals surface area contributed by atoms with Crippen molar-refractivity contribution in [3.8, 4) is 29.6 Å². The fourth-order valence-electron chi connectivity index (χ4n) is 8.37. The summed E-state index contributed by atoms with van der Waals surface area (Å²) in [4.78, 5) is 34.1. The van der Waals surface area contributed by atoms with E-state index in [1.165, 1.54) is 6.07 Å². The second-order valence-electron chi connectivity index (χ2n) is 14.8. The lowest BCUT2D eigenvalue weighted by Gasteiger charge is -2.41. The molecule has 0 bridgehead atoms. The Balaban J connectivity index is 1.26. The standard InChI is InChI=1S/C38H40F2N6O3/c1-5-25-27(39)13-11-23-9-6-10-26(29(23)25)32-31(40)33-30-28(41-32)14-12-24-21-44(36(47)49-37(2,3)4)19-20-46(24)34(30)43-35(42-33)48-22-38-15-7-17-45(38)18-8-16-38/h1,6,9-11,13,24H,7-8,12,14-22H2,2-4H3. The molecule has 49 heavy (non-hydrogen) atoms. The number of amides is 1. The molecule has 0 N–H and O–H groups in total. The maximum absolute atomic E-state index is 17.1. The molecule has 1 unspecified atom stereocenters. The Morgan fingerprint density at radius 2 is 1.84 bits per heavy atom. The predicted molar refractivity (Wildman–Crippen MR) is 184 cm³/mol. The van der Waals surface area contributed by atoms with Gasteiger partial charge in [0.15, 0.2) is 5.82 Å². The largest absolute Gasteiger partial charge is 0.461 e. The van der Waals surface area contributed by atoms with Gasteiger partial charge in [0.25, 0.3) is 0 Å².